The van der Waals surface area contributed by atoms with E-state index < -0.39 is 5.97 Å². The Morgan fingerprint density at radius 2 is 2.04 bits per heavy atom. The van der Waals surface area contributed by atoms with Crippen LogP contribution in [0.1, 0.15) is 20.3 Å². The largest absolute Gasteiger partial charge is 0.477 e. The number of rotatable bonds is 7. The van der Waals surface area contributed by atoms with Crippen molar-refractivity contribution in [3.8, 4) is 0 Å². The summed E-state index contributed by atoms with van der Waals surface area (Å²) in [6.07, 6.45) is 2.00. The number of carbonyl (C=O) groups excluding carboxylic acids is 2. The summed E-state index contributed by atoms with van der Waals surface area (Å²) in [6.45, 7) is 3.41. The molecule has 0 unspecified atom stereocenters. The zero-order valence-corrected chi connectivity index (χ0v) is 16.5. The smallest absolute Gasteiger partial charge is 0.353 e. The number of carbonyl (C=O) groups is 3. The molecule has 1 fully saturated rings. The molecule has 0 saturated carbocycles. The lowest BCUT2D eigenvalue weighted by Crippen LogP contribution is -2.61. The maximum absolute atomic E-state index is 12.7. The number of thioether (sulfide) groups is 2. The van der Waals surface area contributed by atoms with Crippen molar-refractivity contribution in [2.24, 2.45) is 5.92 Å². The molecule has 8 heteroatoms. The Kier molecular flexibility index (Phi) is 5.96. The van der Waals surface area contributed by atoms with Crippen molar-refractivity contribution in [1.29, 1.82) is 0 Å². The number of amides is 2. The molecule has 2 amide bonds. The van der Waals surface area contributed by atoms with Crippen LogP contribution < -0.4 is 5.32 Å². The minimum atomic E-state index is -1.09. The molecule has 6 nitrogen and oxygen atoms in total. The van der Waals surface area contributed by atoms with E-state index in [1.165, 1.54) is 29.8 Å². The zero-order chi connectivity index (χ0) is 19.6. The first kappa shape index (κ1) is 19.6. The fraction of sp³-hybridized carbons (Fsp3) is 0.316. The maximum atomic E-state index is 12.7. The number of aliphatic carboxylic acids is 1. The van der Waals surface area contributed by atoms with Crippen molar-refractivity contribution in [3.05, 3.63) is 52.5 Å². The van der Waals surface area contributed by atoms with Gasteiger partial charge in [0.2, 0.25) is 11.8 Å². The van der Waals surface area contributed by atoms with E-state index in [-0.39, 0.29) is 34.7 Å². The van der Waals surface area contributed by atoms with Gasteiger partial charge in [-0.2, -0.15) is 0 Å². The molecule has 2 heterocycles. The molecule has 0 radical (unpaired) electrons. The Morgan fingerprint density at radius 3 is 2.67 bits per heavy atom. The van der Waals surface area contributed by atoms with Crippen molar-refractivity contribution in [1.82, 2.24) is 10.2 Å². The van der Waals surface area contributed by atoms with Crippen LogP contribution in [0.25, 0.3) is 0 Å². The van der Waals surface area contributed by atoms with Crippen LogP contribution in [0.4, 0.5) is 0 Å². The number of nitrogens with zero attached hydrogens (tertiary/aromatic N) is 1. The number of nitrogens with one attached hydrogen (secondary N) is 1. The molecular weight excluding hydrogens is 384 g/mol. The van der Waals surface area contributed by atoms with Crippen molar-refractivity contribution in [3.63, 3.8) is 0 Å². The average molecular weight is 405 g/mol. The number of fused-ring (bicyclic) bond motifs is 1. The molecule has 0 aliphatic carbocycles. The van der Waals surface area contributed by atoms with Crippen molar-refractivity contribution in [2.75, 3.05) is 0 Å². The topological polar surface area (TPSA) is 86.7 Å². The van der Waals surface area contributed by atoms with Gasteiger partial charge in [0, 0.05) is 34.6 Å². The molecule has 2 aliphatic heterocycles. The van der Waals surface area contributed by atoms with Crippen molar-refractivity contribution < 1.29 is 19.5 Å². The van der Waals surface area contributed by atoms with E-state index in [9.17, 15) is 19.5 Å². The van der Waals surface area contributed by atoms with Crippen molar-refractivity contribution in [2.45, 2.75) is 36.5 Å². The Bertz CT molecular complexity index is 822. The molecule has 3 atom stereocenters. The summed E-state index contributed by atoms with van der Waals surface area (Å²) in [6, 6.07) is 9.76. The van der Waals surface area contributed by atoms with Gasteiger partial charge in [0.05, 0.1) is 12.0 Å². The summed E-state index contributed by atoms with van der Waals surface area (Å²) >= 11 is 2.87. The van der Waals surface area contributed by atoms with Gasteiger partial charge in [-0.3, -0.25) is 9.59 Å². The number of hydrogen-bond acceptors (Lipinski definition) is 5. The quantitative estimate of drug-likeness (QED) is 0.537. The third-order valence-electron chi connectivity index (χ3n) is 4.51. The van der Waals surface area contributed by atoms with Crippen LogP contribution in [0, 0.1) is 5.92 Å². The van der Waals surface area contributed by atoms with E-state index >= 15 is 0 Å². The summed E-state index contributed by atoms with van der Waals surface area (Å²) in [7, 11) is 0. The minimum absolute atomic E-state index is 0.0514. The Balaban J connectivity index is 1.70. The van der Waals surface area contributed by atoms with Crippen LogP contribution >= 0.6 is 23.5 Å². The molecule has 1 aromatic carbocycles. The number of hydrogen-bond donors (Lipinski definition) is 2. The van der Waals surface area contributed by atoms with E-state index in [0.717, 1.165) is 4.90 Å². The van der Waals surface area contributed by atoms with Crippen LogP contribution in [0.3, 0.4) is 0 Å². The van der Waals surface area contributed by atoms with Crippen LogP contribution in [0.2, 0.25) is 0 Å². The molecule has 0 spiro atoms. The highest BCUT2D eigenvalue weighted by Crippen LogP contribution is 2.49. The molecule has 2 aliphatic rings. The molecule has 2 N–H and O–H groups in total. The molecule has 1 saturated heterocycles. The third kappa shape index (κ3) is 4.06. The SMILES string of the molecule is CC(=O)NC=CSC1=C(C(=O)O)N2C(=O)[C@H]([C@@H](C)Sc3ccccc3)[C@H]2C1. The standard InChI is InChI=1S/C19H20N2O4S2/c1-11(27-13-6-4-3-5-7-13)16-14-10-15(26-9-8-20-12(2)22)17(19(24)25)21(14)18(16)23/h3-9,11,14,16H,10H2,1-2H3,(H,20,22)(H,24,25)/t11-,14-,16-/m1/s1. The summed E-state index contributed by atoms with van der Waals surface area (Å²) in [5.41, 5.74) is 0.0654. The highest BCUT2D eigenvalue weighted by molar-refractivity contribution is 8.05. The molecule has 0 bridgehead atoms. The first-order valence-electron chi connectivity index (χ1n) is 8.50. The molecule has 0 aromatic heterocycles. The highest BCUT2D eigenvalue weighted by atomic mass is 32.2. The lowest BCUT2D eigenvalue weighted by Gasteiger charge is -2.45. The molecule has 142 valence electrons. The summed E-state index contributed by atoms with van der Waals surface area (Å²) in [5.74, 6) is -1.63. The average Bonchev–Trinajstić information content (AvgIpc) is 2.94. The minimum Gasteiger partial charge on any atom is -0.477 e. The Labute approximate surface area is 166 Å². The van der Waals surface area contributed by atoms with E-state index in [4.69, 9.17) is 0 Å². The number of carboxylic acids is 1. The normalized spacial score (nSPS) is 22.6. The summed E-state index contributed by atoms with van der Waals surface area (Å²) in [4.78, 5) is 38.4. The maximum Gasteiger partial charge on any atom is 0.353 e. The highest BCUT2D eigenvalue weighted by Gasteiger charge is 2.56. The van der Waals surface area contributed by atoms with Crippen LogP contribution in [0.5, 0.6) is 0 Å². The summed E-state index contributed by atoms with van der Waals surface area (Å²) < 4.78 is 0. The molecule has 3 rings (SSSR count). The molecular formula is C19H20N2O4S2. The van der Waals surface area contributed by atoms with Gasteiger partial charge < -0.3 is 15.3 Å². The zero-order valence-electron chi connectivity index (χ0n) is 14.9. The van der Waals surface area contributed by atoms with Gasteiger partial charge in [-0.25, -0.2) is 4.79 Å². The lowest BCUT2D eigenvalue weighted by atomic mass is 9.85. The Hall–Kier alpha value is -2.19. The van der Waals surface area contributed by atoms with Gasteiger partial charge in [0.25, 0.3) is 0 Å². The Morgan fingerprint density at radius 1 is 1.33 bits per heavy atom. The van der Waals surface area contributed by atoms with E-state index in [1.807, 2.05) is 37.3 Å². The van der Waals surface area contributed by atoms with Gasteiger partial charge in [-0.15, -0.1) is 11.8 Å². The van der Waals surface area contributed by atoms with Gasteiger partial charge >= 0.3 is 5.97 Å². The third-order valence-corrected chi connectivity index (χ3v) is 6.63. The fourth-order valence-electron chi connectivity index (χ4n) is 3.38. The fourth-order valence-corrected chi connectivity index (χ4v) is 5.43. The second-order valence-electron chi connectivity index (χ2n) is 6.34. The van der Waals surface area contributed by atoms with Crippen LogP contribution in [-0.4, -0.2) is 39.1 Å². The van der Waals surface area contributed by atoms with E-state index in [2.05, 4.69) is 5.32 Å². The van der Waals surface area contributed by atoms with Gasteiger partial charge in [-0.1, -0.05) is 36.9 Å². The molecule has 27 heavy (non-hydrogen) atoms. The van der Waals surface area contributed by atoms with E-state index in [1.54, 1.807) is 17.2 Å². The predicted molar refractivity (Wildman–Crippen MR) is 106 cm³/mol. The lowest BCUT2D eigenvalue weighted by molar-refractivity contribution is -0.154. The van der Waals surface area contributed by atoms with Crippen LogP contribution in [-0.2, 0) is 14.4 Å². The number of carboxylic acid groups (broad SMARTS) is 1. The van der Waals surface area contributed by atoms with Gasteiger partial charge in [-0.05, 0) is 17.5 Å². The van der Waals surface area contributed by atoms with Crippen molar-refractivity contribution >= 4 is 41.3 Å². The second kappa shape index (κ2) is 8.22. The first-order chi connectivity index (χ1) is 12.9. The number of benzene rings is 1. The molecule has 1 aromatic rings. The first-order valence-corrected chi connectivity index (χ1v) is 10.3. The second-order valence-corrected chi connectivity index (χ2v) is 8.79. The predicted octanol–water partition coefficient (Wildman–Crippen LogP) is 3.03. The number of β-lactam (4-membered cyclic amide) rings is 1. The van der Waals surface area contributed by atoms with E-state index in [0.29, 0.717) is 11.3 Å². The monoisotopic (exact) mass is 404 g/mol. The van der Waals surface area contributed by atoms with Gasteiger partial charge in [0.1, 0.15) is 5.70 Å². The van der Waals surface area contributed by atoms with Crippen LogP contribution in [0.15, 0.2) is 57.4 Å². The van der Waals surface area contributed by atoms with Gasteiger partial charge in [0.15, 0.2) is 0 Å². The summed E-state index contributed by atoms with van der Waals surface area (Å²) in [5, 5.41) is 13.8.